The molecule has 106 valence electrons. The minimum Gasteiger partial charge on any atom is -0.463 e. The van der Waals surface area contributed by atoms with E-state index < -0.39 is 0 Å². The molecule has 3 nitrogen and oxygen atoms in total. The first kappa shape index (κ1) is 13.2. The van der Waals surface area contributed by atoms with Crippen LogP contribution in [0.2, 0.25) is 0 Å². The smallest absolute Gasteiger partial charge is 0.335 e. The molecule has 0 amide bonds. The molecule has 0 N–H and O–H groups in total. The van der Waals surface area contributed by atoms with Gasteiger partial charge in [0.25, 0.3) is 0 Å². The molecule has 1 saturated carbocycles. The van der Waals surface area contributed by atoms with Gasteiger partial charge < -0.3 is 4.74 Å². The highest BCUT2D eigenvalue weighted by Crippen LogP contribution is 2.42. The van der Waals surface area contributed by atoms with Crippen LogP contribution in [0.15, 0.2) is 11.1 Å². The van der Waals surface area contributed by atoms with Crippen LogP contribution in [0.1, 0.15) is 58.3 Å². The van der Waals surface area contributed by atoms with Crippen LogP contribution in [0.5, 0.6) is 0 Å². The van der Waals surface area contributed by atoms with Crippen molar-refractivity contribution < 1.29 is 9.53 Å². The molecule has 0 aromatic heterocycles. The molecule has 0 radical (unpaired) electrons. The van der Waals surface area contributed by atoms with Crippen LogP contribution in [0.4, 0.5) is 0 Å². The number of carbonyl (C=O) groups is 1. The SMILES string of the molecule is CCOC(=O)C1=C2CCCCC[C@H]2N2CCCC[C@H]12. The molecule has 1 aliphatic carbocycles. The molecule has 0 unspecified atom stereocenters. The highest BCUT2D eigenvalue weighted by molar-refractivity contribution is 5.92. The molecular weight excluding hydrogens is 238 g/mol. The Morgan fingerprint density at radius 1 is 1.16 bits per heavy atom. The van der Waals surface area contributed by atoms with Gasteiger partial charge in [-0.05, 0) is 51.1 Å². The number of nitrogens with zero attached hydrogens (tertiary/aromatic N) is 1. The predicted molar refractivity (Wildman–Crippen MR) is 74.9 cm³/mol. The lowest BCUT2D eigenvalue weighted by molar-refractivity contribution is -0.139. The van der Waals surface area contributed by atoms with Gasteiger partial charge in [-0.2, -0.15) is 0 Å². The van der Waals surface area contributed by atoms with E-state index in [-0.39, 0.29) is 5.97 Å². The van der Waals surface area contributed by atoms with E-state index in [1.54, 1.807) is 0 Å². The quantitative estimate of drug-likeness (QED) is 0.717. The maximum absolute atomic E-state index is 12.4. The van der Waals surface area contributed by atoms with Crippen LogP contribution in [0.3, 0.4) is 0 Å². The fourth-order valence-electron chi connectivity index (χ4n) is 4.18. The van der Waals surface area contributed by atoms with Crippen molar-refractivity contribution in [2.75, 3.05) is 13.2 Å². The third kappa shape index (κ3) is 2.33. The van der Waals surface area contributed by atoms with Gasteiger partial charge in [0.05, 0.1) is 12.2 Å². The van der Waals surface area contributed by atoms with Crippen molar-refractivity contribution in [2.24, 2.45) is 0 Å². The summed E-state index contributed by atoms with van der Waals surface area (Å²) >= 11 is 0. The summed E-state index contributed by atoms with van der Waals surface area (Å²) in [5, 5.41) is 0. The Bertz CT molecular complexity index is 388. The lowest BCUT2D eigenvalue weighted by Gasteiger charge is -2.35. The Morgan fingerprint density at radius 2 is 1.95 bits per heavy atom. The number of esters is 1. The van der Waals surface area contributed by atoms with E-state index in [0.29, 0.717) is 18.7 Å². The third-order valence-electron chi connectivity index (χ3n) is 4.94. The Morgan fingerprint density at radius 3 is 2.79 bits per heavy atom. The molecular formula is C16H25NO2. The zero-order valence-electron chi connectivity index (χ0n) is 12.0. The van der Waals surface area contributed by atoms with Gasteiger partial charge in [0, 0.05) is 12.1 Å². The molecule has 3 heteroatoms. The number of piperidine rings is 1. The minimum absolute atomic E-state index is 0.0289. The highest BCUT2D eigenvalue weighted by Gasteiger charge is 2.44. The van der Waals surface area contributed by atoms with Crippen LogP contribution in [-0.4, -0.2) is 36.1 Å². The second-order valence-electron chi connectivity index (χ2n) is 6.02. The Kier molecular flexibility index (Phi) is 3.92. The van der Waals surface area contributed by atoms with Crippen molar-refractivity contribution in [3.63, 3.8) is 0 Å². The van der Waals surface area contributed by atoms with Crippen LogP contribution in [0.25, 0.3) is 0 Å². The van der Waals surface area contributed by atoms with Crippen molar-refractivity contribution >= 4 is 5.97 Å². The molecule has 1 saturated heterocycles. The topological polar surface area (TPSA) is 29.5 Å². The normalized spacial score (nSPS) is 31.6. The third-order valence-corrected chi connectivity index (χ3v) is 4.94. The van der Waals surface area contributed by atoms with E-state index in [4.69, 9.17) is 4.74 Å². The van der Waals surface area contributed by atoms with E-state index >= 15 is 0 Å². The lowest BCUT2D eigenvalue weighted by atomic mass is 9.95. The van der Waals surface area contributed by atoms with Crippen molar-refractivity contribution in [3.05, 3.63) is 11.1 Å². The summed E-state index contributed by atoms with van der Waals surface area (Å²) in [6, 6.07) is 0.915. The second kappa shape index (κ2) is 5.66. The average Bonchev–Trinajstić information content (AvgIpc) is 2.58. The number of hydrogen-bond donors (Lipinski definition) is 0. The van der Waals surface area contributed by atoms with Crippen molar-refractivity contribution in [1.29, 1.82) is 0 Å². The summed E-state index contributed by atoms with van der Waals surface area (Å²) in [6.45, 7) is 3.57. The summed E-state index contributed by atoms with van der Waals surface area (Å²) in [5.74, 6) is -0.0289. The van der Waals surface area contributed by atoms with Gasteiger partial charge in [-0.15, -0.1) is 0 Å². The van der Waals surface area contributed by atoms with Crippen LogP contribution < -0.4 is 0 Å². The first-order valence-electron chi connectivity index (χ1n) is 7.98. The molecule has 2 heterocycles. The van der Waals surface area contributed by atoms with E-state index in [2.05, 4.69) is 4.90 Å². The fraction of sp³-hybridized carbons (Fsp3) is 0.812. The van der Waals surface area contributed by atoms with Crippen LogP contribution >= 0.6 is 0 Å². The first-order chi connectivity index (χ1) is 9.33. The monoisotopic (exact) mass is 263 g/mol. The number of fused-ring (bicyclic) bond motifs is 3. The predicted octanol–water partition coefficient (Wildman–Crippen LogP) is 3.05. The van der Waals surface area contributed by atoms with Crippen LogP contribution in [-0.2, 0) is 9.53 Å². The lowest BCUT2D eigenvalue weighted by Crippen LogP contribution is -2.42. The zero-order chi connectivity index (χ0) is 13.2. The molecule has 0 aromatic carbocycles. The zero-order valence-corrected chi connectivity index (χ0v) is 12.0. The summed E-state index contributed by atoms with van der Waals surface area (Å²) in [4.78, 5) is 15.0. The summed E-state index contributed by atoms with van der Waals surface area (Å²) < 4.78 is 5.34. The standard InChI is InChI=1S/C16H25NO2/c1-2-19-16(18)15-12-8-4-3-5-9-13(12)17-11-7-6-10-14(15)17/h13-14H,2-11H2,1H3/t13-,14-/m1/s1. The van der Waals surface area contributed by atoms with Crippen molar-refractivity contribution in [1.82, 2.24) is 4.90 Å². The average molecular weight is 263 g/mol. The number of hydrogen-bond acceptors (Lipinski definition) is 3. The summed E-state index contributed by atoms with van der Waals surface area (Å²) in [7, 11) is 0. The maximum Gasteiger partial charge on any atom is 0.335 e. The molecule has 0 bridgehead atoms. The molecule has 2 atom stereocenters. The van der Waals surface area contributed by atoms with Gasteiger partial charge in [0.2, 0.25) is 0 Å². The minimum atomic E-state index is -0.0289. The van der Waals surface area contributed by atoms with Gasteiger partial charge in [-0.3, -0.25) is 4.90 Å². The molecule has 2 aliphatic heterocycles. The van der Waals surface area contributed by atoms with Gasteiger partial charge in [0.1, 0.15) is 0 Å². The van der Waals surface area contributed by atoms with Gasteiger partial charge in [-0.1, -0.05) is 19.3 Å². The van der Waals surface area contributed by atoms with E-state index in [9.17, 15) is 4.79 Å². The number of ether oxygens (including phenoxy) is 1. The summed E-state index contributed by atoms with van der Waals surface area (Å²) in [5.41, 5.74) is 2.48. The van der Waals surface area contributed by atoms with Gasteiger partial charge in [0.15, 0.2) is 0 Å². The number of carbonyl (C=O) groups excluding carboxylic acids is 1. The molecule has 0 aromatic rings. The number of rotatable bonds is 2. The summed E-state index contributed by atoms with van der Waals surface area (Å²) in [6.07, 6.45) is 9.92. The van der Waals surface area contributed by atoms with Gasteiger partial charge >= 0.3 is 5.97 Å². The molecule has 3 aliphatic rings. The fourth-order valence-corrected chi connectivity index (χ4v) is 4.18. The highest BCUT2D eigenvalue weighted by atomic mass is 16.5. The van der Waals surface area contributed by atoms with Crippen molar-refractivity contribution in [3.8, 4) is 0 Å². The van der Waals surface area contributed by atoms with Gasteiger partial charge in [-0.25, -0.2) is 4.79 Å². The Labute approximate surface area is 116 Å². The van der Waals surface area contributed by atoms with E-state index in [0.717, 1.165) is 18.4 Å². The molecule has 19 heavy (non-hydrogen) atoms. The Balaban J connectivity index is 1.93. The Hall–Kier alpha value is -0.830. The van der Waals surface area contributed by atoms with E-state index in [1.165, 1.54) is 50.6 Å². The maximum atomic E-state index is 12.4. The second-order valence-corrected chi connectivity index (χ2v) is 6.02. The molecule has 2 fully saturated rings. The molecule has 3 rings (SSSR count). The molecule has 0 spiro atoms. The van der Waals surface area contributed by atoms with Crippen LogP contribution in [0, 0.1) is 0 Å². The first-order valence-corrected chi connectivity index (χ1v) is 7.98. The van der Waals surface area contributed by atoms with E-state index in [1.807, 2.05) is 6.92 Å². The van der Waals surface area contributed by atoms with Crippen molar-refractivity contribution in [2.45, 2.75) is 70.4 Å². The largest absolute Gasteiger partial charge is 0.463 e.